The van der Waals surface area contributed by atoms with Crippen LogP contribution >= 0.6 is 0 Å². The highest BCUT2D eigenvalue weighted by Crippen LogP contribution is 2.36. The molecule has 0 N–H and O–H groups in total. The number of amides is 1. The summed E-state index contributed by atoms with van der Waals surface area (Å²) in [6, 6.07) is 8.32. The number of benzene rings is 1. The fraction of sp³-hybridized carbons (Fsp3) is 0.611. The highest BCUT2D eigenvalue weighted by atomic mass is 16.7. The summed E-state index contributed by atoms with van der Waals surface area (Å²) in [5.41, 5.74) is 1.64. The minimum Gasteiger partial charge on any atom is -0.399 e. The normalized spacial score (nSPS) is 19.0. The molecule has 0 aromatic heterocycles. The number of carbonyl (C=O) groups is 1. The predicted molar refractivity (Wildman–Crippen MR) is 93.8 cm³/mol. The summed E-state index contributed by atoms with van der Waals surface area (Å²) in [5, 5.41) is 0. The quantitative estimate of drug-likeness (QED) is 0.783. The van der Waals surface area contributed by atoms with E-state index in [1.54, 1.807) is 19.0 Å². The Balaban J connectivity index is 1.92. The minimum atomic E-state index is -0.317. The second-order valence-electron chi connectivity index (χ2n) is 7.47. The Bertz CT molecular complexity index is 536. The second kappa shape index (κ2) is 6.66. The van der Waals surface area contributed by atoms with Gasteiger partial charge in [-0.1, -0.05) is 24.3 Å². The third-order valence-corrected chi connectivity index (χ3v) is 4.86. The molecule has 0 aliphatic carbocycles. The summed E-state index contributed by atoms with van der Waals surface area (Å²) >= 11 is 0. The van der Waals surface area contributed by atoms with Gasteiger partial charge in [0.1, 0.15) is 0 Å². The monoisotopic (exact) mass is 317 g/mol. The highest BCUT2D eigenvalue weighted by Gasteiger charge is 2.51. The first kappa shape index (κ1) is 18.0. The van der Waals surface area contributed by atoms with Crippen molar-refractivity contribution >= 4 is 18.5 Å². The third kappa shape index (κ3) is 4.15. The number of hydrogen-bond donors (Lipinski definition) is 0. The molecular weight excluding hydrogens is 289 g/mol. The number of rotatable bonds is 5. The van der Waals surface area contributed by atoms with Crippen LogP contribution in [0.1, 0.15) is 46.1 Å². The van der Waals surface area contributed by atoms with Crippen molar-refractivity contribution in [1.82, 2.24) is 4.90 Å². The van der Waals surface area contributed by atoms with Crippen LogP contribution in [0.25, 0.3) is 0 Å². The Morgan fingerprint density at radius 1 is 1.04 bits per heavy atom. The zero-order chi connectivity index (χ0) is 17.3. The summed E-state index contributed by atoms with van der Waals surface area (Å²) < 4.78 is 12.1. The van der Waals surface area contributed by atoms with E-state index in [1.807, 2.05) is 0 Å². The lowest BCUT2D eigenvalue weighted by Crippen LogP contribution is -2.41. The van der Waals surface area contributed by atoms with Gasteiger partial charge in [-0.2, -0.15) is 0 Å². The fourth-order valence-corrected chi connectivity index (χ4v) is 2.49. The summed E-state index contributed by atoms with van der Waals surface area (Å²) in [7, 11) is 3.27. The SMILES string of the molecule is CN(C)C(=O)CCCc1ccc(B2OC(C)(C)C(C)(C)O2)cc1. The smallest absolute Gasteiger partial charge is 0.399 e. The van der Waals surface area contributed by atoms with Crippen molar-refractivity contribution in [2.45, 2.75) is 58.2 Å². The van der Waals surface area contributed by atoms with E-state index in [1.165, 1.54) is 5.56 Å². The van der Waals surface area contributed by atoms with Gasteiger partial charge >= 0.3 is 7.12 Å². The number of nitrogens with zero attached hydrogens (tertiary/aromatic N) is 1. The minimum absolute atomic E-state index is 0.179. The van der Waals surface area contributed by atoms with Gasteiger partial charge in [-0.05, 0) is 51.6 Å². The van der Waals surface area contributed by atoms with Crippen molar-refractivity contribution in [3.8, 4) is 0 Å². The van der Waals surface area contributed by atoms with Gasteiger partial charge in [-0.15, -0.1) is 0 Å². The number of carbonyl (C=O) groups excluding carboxylic acids is 1. The van der Waals surface area contributed by atoms with Crippen LogP contribution in [0.4, 0.5) is 0 Å². The molecule has 0 saturated carbocycles. The van der Waals surface area contributed by atoms with E-state index in [-0.39, 0.29) is 24.2 Å². The van der Waals surface area contributed by atoms with Crippen molar-refractivity contribution in [3.63, 3.8) is 0 Å². The molecule has 0 spiro atoms. The average molecular weight is 317 g/mol. The molecule has 5 heteroatoms. The Kier molecular flexibility index (Phi) is 5.22. The maximum absolute atomic E-state index is 11.6. The number of aryl methyl sites for hydroxylation is 1. The van der Waals surface area contributed by atoms with Gasteiger partial charge in [-0.3, -0.25) is 4.79 Å². The van der Waals surface area contributed by atoms with Crippen LogP contribution in [-0.4, -0.2) is 43.2 Å². The summed E-state index contributed by atoms with van der Waals surface area (Å²) in [6.07, 6.45) is 2.36. The van der Waals surface area contributed by atoms with Gasteiger partial charge in [0, 0.05) is 20.5 Å². The Morgan fingerprint density at radius 2 is 1.57 bits per heavy atom. The molecule has 1 heterocycles. The van der Waals surface area contributed by atoms with Crippen LogP contribution in [0, 0.1) is 0 Å². The Morgan fingerprint density at radius 3 is 2.04 bits per heavy atom. The molecule has 1 aromatic carbocycles. The molecule has 0 unspecified atom stereocenters. The molecule has 23 heavy (non-hydrogen) atoms. The maximum atomic E-state index is 11.6. The van der Waals surface area contributed by atoms with E-state index in [9.17, 15) is 4.79 Å². The van der Waals surface area contributed by atoms with Gasteiger partial charge in [-0.25, -0.2) is 0 Å². The van der Waals surface area contributed by atoms with Gasteiger partial charge in [0.25, 0.3) is 0 Å². The van der Waals surface area contributed by atoms with Crippen LogP contribution in [0.15, 0.2) is 24.3 Å². The fourth-order valence-electron chi connectivity index (χ4n) is 2.49. The van der Waals surface area contributed by atoms with Gasteiger partial charge in [0.05, 0.1) is 11.2 Å². The van der Waals surface area contributed by atoms with E-state index < -0.39 is 0 Å². The van der Waals surface area contributed by atoms with Crippen LogP contribution in [0.3, 0.4) is 0 Å². The topological polar surface area (TPSA) is 38.8 Å². The largest absolute Gasteiger partial charge is 0.494 e. The molecule has 0 bridgehead atoms. The highest BCUT2D eigenvalue weighted by molar-refractivity contribution is 6.62. The molecule has 126 valence electrons. The van der Waals surface area contributed by atoms with Gasteiger partial charge in [0.2, 0.25) is 5.91 Å². The van der Waals surface area contributed by atoms with E-state index in [0.717, 1.165) is 18.3 Å². The zero-order valence-corrected chi connectivity index (χ0v) is 15.2. The summed E-state index contributed by atoms with van der Waals surface area (Å²) in [6.45, 7) is 8.23. The van der Waals surface area contributed by atoms with Crippen molar-refractivity contribution in [3.05, 3.63) is 29.8 Å². The lowest BCUT2D eigenvalue weighted by atomic mass is 9.78. The summed E-state index contributed by atoms with van der Waals surface area (Å²) in [4.78, 5) is 13.2. The van der Waals surface area contributed by atoms with Crippen LogP contribution in [0.5, 0.6) is 0 Å². The molecule has 1 aromatic rings. The maximum Gasteiger partial charge on any atom is 0.494 e. The molecule has 1 aliphatic heterocycles. The van der Waals surface area contributed by atoms with Gasteiger partial charge < -0.3 is 14.2 Å². The lowest BCUT2D eigenvalue weighted by molar-refractivity contribution is -0.128. The molecule has 2 rings (SSSR count). The number of hydrogen-bond acceptors (Lipinski definition) is 3. The van der Waals surface area contributed by atoms with Gasteiger partial charge in [0.15, 0.2) is 0 Å². The van der Waals surface area contributed by atoms with Crippen LogP contribution < -0.4 is 5.46 Å². The lowest BCUT2D eigenvalue weighted by Gasteiger charge is -2.32. The standard InChI is InChI=1S/C18H28BNO3/c1-17(2)18(3,4)23-19(22-17)15-12-10-14(11-13-15)8-7-9-16(21)20(5)6/h10-13H,7-9H2,1-6H3. The van der Waals surface area contributed by atoms with E-state index >= 15 is 0 Å². The molecular formula is C18H28BNO3. The first-order valence-electron chi connectivity index (χ1n) is 8.27. The van der Waals surface area contributed by atoms with Crippen LogP contribution in [-0.2, 0) is 20.5 Å². The molecule has 1 fully saturated rings. The first-order chi connectivity index (χ1) is 10.6. The molecule has 1 aliphatic rings. The van der Waals surface area contributed by atoms with Crippen molar-refractivity contribution in [1.29, 1.82) is 0 Å². The average Bonchev–Trinajstić information content (AvgIpc) is 2.68. The molecule has 4 nitrogen and oxygen atoms in total. The van der Waals surface area contributed by atoms with Crippen molar-refractivity contribution < 1.29 is 14.1 Å². The second-order valence-corrected chi connectivity index (χ2v) is 7.47. The summed E-state index contributed by atoms with van der Waals surface area (Å²) in [5.74, 6) is 0.179. The van der Waals surface area contributed by atoms with E-state index in [2.05, 4.69) is 52.0 Å². The van der Waals surface area contributed by atoms with Crippen LogP contribution in [0.2, 0.25) is 0 Å². The van der Waals surface area contributed by atoms with Crippen molar-refractivity contribution in [2.75, 3.05) is 14.1 Å². The van der Waals surface area contributed by atoms with E-state index in [4.69, 9.17) is 9.31 Å². The first-order valence-corrected chi connectivity index (χ1v) is 8.27. The Hall–Kier alpha value is -1.33. The predicted octanol–water partition coefficient (Wildman–Crippen LogP) is 2.40. The molecule has 1 amide bonds. The molecule has 1 saturated heterocycles. The third-order valence-electron chi connectivity index (χ3n) is 4.86. The Labute approximate surface area is 140 Å². The molecule has 0 atom stereocenters. The van der Waals surface area contributed by atoms with Crippen molar-refractivity contribution in [2.24, 2.45) is 0 Å². The zero-order valence-electron chi connectivity index (χ0n) is 15.2. The molecule has 0 radical (unpaired) electrons. The van der Waals surface area contributed by atoms with E-state index in [0.29, 0.717) is 6.42 Å².